The molecule has 0 unspecified atom stereocenters. The van der Waals surface area contributed by atoms with Crippen LogP contribution in [0.4, 0.5) is 5.69 Å². The SMILES string of the molecule is CCn1nc(C)c(NC(=O)CN(C)CCc2nc3c(C)cccc3[nH]2)c1C. The van der Waals surface area contributed by atoms with E-state index in [-0.39, 0.29) is 5.91 Å². The first-order valence-electron chi connectivity index (χ1n) is 9.35. The summed E-state index contributed by atoms with van der Waals surface area (Å²) in [5.74, 6) is 0.919. The highest BCUT2D eigenvalue weighted by molar-refractivity contribution is 5.93. The molecule has 144 valence electrons. The van der Waals surface area contributed by atoms with Crippen molar-refractivity contribution >= 4 is 22.6 Å². The molecule has 0 spiro atoms. The Bertz CT molecular complexity index is 955. The van der Waals surface area contributed by atoms with Crippen LogP contribution < -0.4 is 5.32 Å². The number of nitrogens with one attached hydrogen (secondary N) is 2. The smallest absolute Gasteiger partial charge is 0.238 e. The van der Waals surface area contributed by atoms with E-state index in [0.29, 0.717) is 6.54 Å². The van der Waals surface area contributed by atoms with Crippen molar-refractivity contribution in [3.8, 4) is 0 Å². The van der Waals surface area contributed by atoms with Crippen molar-refractivity contribution in [3.63, 3.8) is 0 Å². The van der Waals surface area contributed by atoms with E-state index in [0.717, 1.165) is 53.4 Å². The fourth-order valence-corrected chi connectivity index (χ4v) is 3.33. The summed E-state index contributed by atoms with van der Waals surface area (Å²) in [5.41, 5.74) is 5.91. The number of fused-ring (bicyclic) bond motifs is 1. The Balaban J connectivity index is 1.55. The van der Waals surface area contributed by atoms with Gasteiger partial charge in [-0.3, -0.25) is 14.4 Å². The molecule has 27 heavy (non-hydrogen) atoms. The quantitative estimate of drug-likeness (QED) is 0.672. The van der Waals surface area contributed by atoms with Gasteiger partial charge >= 0.3 is 0 Å². The first kappa shape index (κ1) is 19.1. The fraction of sp³-hybridized carbons (Fsp3) is 0.450. The number of aromatic nitrogens is 4. The minimum Gasteiger partial charge on any atom is -0.342 e. The molecule has 0 atom stereocenters. The van der Waals surface area contributed by atoms with Gasteiger partial charge in [-0.1, -0.05) is 12.1 Å². The maximum Gasteiger partial charge on any atom is 0.238 e. The highest BCUT2D eigenvalue weighted by Crippen LogP contribution is 2.19. The standard InChI is InChI=1S/C20H28N6O/c1-6-26-15(4)20(14(3)24-26)23-18(27)12-25(5)11-10-17-21-16-9-7-8-13(2)19(16)22-17/h7-9H,6,10-12H2,1-5H3,(H,21,22)(H,23,27). The lowest BCUT2D eigenvalue weighted by molar-refractivity contribution is -0.117. The van der Waals surface area contributed by atoms with Gasteiger partial charge in [0.1, 0.15) is 5.82 Å². The van der Waals surface area contributed by atoms with Crippen LogP contribution in [0.2, 0.25) is 0 Å². The summed E-state index contributed by atoms with van der Waals surface area (Å²) in [6.45, 7) is 9.87. The third kappa shape index (κ3) is 4.19. The zero-order valence-corrected chi connectivity index (χ0v) is 16.8. The van der Waals surface area contributed by atoms with Crippen molar-refractivity contribution in [2.24, 2.45) is 0 Å². The van der Waals surface area contributed by atoms with Gasteiger partial charge in [0.05, 0.1) is 34.7 Å². The molecule has 0 aliphatic heterocycles. The number of imidazole rings is 1. The predicted molar refractivity (Wildman–Crippen MR) is 108 cm³/mol. The monoisotopic (exact) mass is 368 g/mol. The molecule has 3 aromatic rings. The number of nitrogens with zero attached hydrogens (tertiary/aromatic N) is 4. The third-order valence-corrected chi connectivity index (χ3v) is 4.85. The number of rotatable bonds is 7. The second-order valence-corrected chi connectivity index (χ2v) is 7.05. The molecule has 0 aliphatic carbocycles. The molecule has 1 amide bonds. The molecule has 2 heterocycles. The first-order chi connectivity index (χ1) is 12.9. The lowest BCUT2D eigenvalue weighted by Crippen LogP contribution is -2.32. The molecule has 2 N–H and O–H groups in total. The Labute approximate surface area is 159 Å². The van der Waals surface area contributed by atoms with E-state index < -0.39 is 0 Å². The molecule has 0 fully saturated rings. The number of para-hydroxylation sites is 1. The van der Waals surface area contributed by atoms with Crippen molar-refractivity contribution < 1.29 is 4.79 Å². The van der Waals surface area contributed by atoms with E-state index >= 15 is 0 Å². The number of likely N-dealkylation sites (N-methyl/N-ethyl adjacent to an activating group) is 1. The van der Waals surface area contributed by atoms with Crippen LogP contribution in [0.25, 0.3) is 11.0 Å². The Kier molecular flexibility index (Phi) is 5.60. The number of carbonyl (C=O) groups is 1. The molecule has 1 aromatic carbocycles. The van der Waals surface area contributed by atoms with Crippen LogP contribution in [-0.4, -0.2) is 50.7 Å². The molecule has 2 aromatic heterocycles. The molecular weight excluding hydrogens is 340 g/mol. The van der Waals surface area contributed by atoms with Gasteiger partial charge < -0.3 is 10.3 Å². The van der Waals surface area contributed by atoms with Gasteiger partial charge in [0, 0.05) is 19.5 Å². The number of hydrogen-bond donors (Lipinski definition) is 2. The van der Waals surface area contributed by atoms with Crippen molar-refractivity contribution in [1.29, 1.82) is 0 Å². The summed E-state index contributed by atoms with van der Waals surface area (Å²) in [4.78, 5) is 22.4. The largest absolute Gasteiger partial charge is 0.342 e. The number of carbonyl (C=O) groups excluding carboxylic acids is 1. The van der Waals surface area contributed by atoms with Crippen LogP contribution >= 0.6 is 0 Å². The number of hydrogen-bond acceptors (Lipinski definition) is 4. The van der Waals surface area contributed by atoms with E-state index in [2.05, 4.69) is 33.4 Å². The van der Waals surface area contributed by atoms with E-state index in [1.54, 1.807) is 0 Å². The average Bonchev–Trinajstić information content (AvgIpc) is 3.16. The number of aromatic amines is 1. The highest BCUT2D eigenvalue weighted by Gasteiger charge is 2.15. The van der Waals surface area contributed by atoms with E-state index in [1.807, 2.05) is 49.5 Å². The molecule has 0 saturated carbocycles. The van der Waals surface area contributed by atoms with Crippen molar-refractivity contribution in [2.45, 2.75) is 40.7 Å². The topological polar surface area (TPSA) is 78.8 Å². The fourth-order valence-electron chi connectivity index (χ4n) is 3.33. The second kappa shape index (κ2) is 7.92. The van der Waals surface area contributed by atoms with Crippen LogP contribution in [0.1, 0.15) is 29.7 Å². The minimum atomic E-state index is -0.0280. The number of aryl methyl sites for hydroxylation is 3. The number of H-pyrrole nitrogens is 1. The van der Waals surface area contributed by atoms with Crippen LogP contribution in [0.15, 0.2) is 18.2 Å². The normalized spacial score (nSPS) is 11.5. The summed E-state index contributed by atoms with van der Waals surface area (Å²) >= 11 is 0. The van der Waals surface area contributed by atoms with E-state index in [4.69, 9.17) is 0 Å². The van der Waals surface area contributed by atoms with Crippen LogP contribution in [0.3, 0.4) is 0 Å². The van der Waals surface area contributed by atoms with E-state index in [9.17, 15) is 4.79 Å². The van der Waals surface area contributed by atoms with Gasteiger partial charge in [0.25, 0.3) is 0 Å². The van der Waals surface area contributed by atoms with Gasteiger partial charge in [0.15, 0.2) is 0 Å². The lowest BCUT2D eigenvalue weighted by atomic mass is 10.2. The zero-order valence-electron chi connectivity index (χ0n) is 16.8. The molecule has 7 heteroatoms. The van der Waals surface area contributed by atoms with Crippen LogP contribution in [0, 0.1) is 20.8 Å². The molecule has 0 bridgehead atoms. The zero-order chi connectivity index (χ0) is 19.6. The minimum absolute atomic E-state index is 0.0280. The van der Waals surface area contributed by atoms with Gasteiger partial charge in [-0.2, -0.15) is 5.10 Å². The van der Waals surface area contributed by atoms with Gasteiger partial charge in [-0.15, -0.1) is 0 Å². The molecule has 3 rings (SSSR count). The molecule has 0 radical (unpaired) electrons. The molecular formula is C20H28N6O. The third-order valence-electron chi connectivity index (χ3n) is 4.85. The van der Waals surface area contributed by atoms with Gasteiger partial charge in [-0.05, 0) is 46.4 Å². The lowest BCUT2D eigenvalue weighted by Gasteiger charge is -2.15. The first-order valence-corrected chi connectivity index (χ1v) is 9.35. The Morgan fingerprint density at radius 2 is 2.07 bits per heavy atom. The summed E-state index contributed by atoms with van der Waals surface area (Å²) in [6, 6.07) is 6.13. The van der Waals surface area contributed by atoms with E-state index in [1.165, 1.54) is 5.56 Å². The molecule has 0 saturated heterocycles. The number of anilines is 1. The van der Waals surface area contributed by atoms with Crippen LogP contribution in [0.5, 0.6) is 0 Å². The average molecular weight is 368 g/mol. The summed E-state index contributed by atoms with van der Waals surface area (Å²) in [5, 5.41) is 7.44. The maximum atomic E-state index is 12.4. The van der Waals surface area contributed by atoms with Crippen molar-refractivity contribution in [2.75, 3.05) is 25.5 Å². The van der Waals surface area contributed by atoms with Crippen molar-refractivity contribution in [1.82, 2.24) is 24.6 Å². The van der Waals surface area contributed by atoms with Gasteiger partial charge in [-0.25, -0.2) is 4.98 Å². The van der Waals surface area contributed by atoms with Crippen molar-refractivity contribution in [3.05, 3.63) is 41.0 Å². The predicted octanol–water partition coefficient (Wildman–Crippen LogP) is 2.82. The summed E-state index contributed by atoms with van der Waals surface area (Å²) < 4.78 is 1.90. The summed E-state index contributed by atoms with van der Waals surface area (Å²) in [6.07, 6.45) is 0.768. The molecule has 0 aliphatic rings. The summed E-state index contributed by atoms with van der Waals surface area (Å²) in [7, 11) is 1.95. The Morgan fingerprint density at radius 1 is 1.30 bits per heavy atom. The Hall–Kier alpha value is -2.67. The molecule has 7 nitrogen and oxygen atoms in total. The highest BCUT2D eigenvalue weighted by atomic mass is 16.2. The van der Waals surface area contributed by atoms with Gasteiger partial charge in [0.2, 0.25) is 5.91 Å². The second-order valence-electron chi connectivity index (χ2n) is 7.05. The Morgan fingerprint density at radius 3 is 2.74 bits per heavy atom. The maximum absolute atomic E-state index is 12.4. The number of benzene rings is 1. The van der Waals surface area contributed by atoms with Crippen LogP contribution in [-0.2, 0) is 17.8 Å². The number of amides is 1.